The summed E-state index contributed by atoms with van der Waals surface area (Å²) in [6.45, 7) is 3.58. The molecule has 2 aromatic carbocycles. The molecule has 0 amide bonds. The molecule has 0 aromatic heterocycles. The molecule has 2 aromatic rings. The maximum absolute atomic E-state index is 13.4. The highest BCUT2D eigenvalue weighted by Crippen LogP contribution is 2.35. The van der Waals surface area contributed by atoms with E-state index in [0.717, 1.165) is 16.7 Å². The molecule has 0 heterocycles. The van der Waals surface area contributed by atoms with Crippen molar-refractivity contribution < 1.29 is 19.0 Å². The molecule has 0 saturated heterocycles. The van der Waals surface area contributed by atoms with Crippen LogP contribution in [0.25, 0.3) is 11.1 Å². The first-order valence-electron chi connectivity index (χ1n) is 6.12. The van der Waals surface area contributed by atoms with Gasteiger partial charge in [-0.2, -0.15) is 0 Å². The SMILES string of the molecule is COc1ccc(C(=O)O)cc1-c1c(C)cc(F)cc1C. The Balaban J connectivity index is 2.74. The van der Waals surface area contributed by atoms with Gasteiger partial charge in [0, 0.05) is 5.56 Å². The Morgan fingerprint density at radius 3 is 2.25 bits per heavy atom. The van der Waals surface area contributed by atoms with Gasteiger partial charge in [-0.1, -0.05) is 0 Å². The summed E-state index contributed by atoms with van der Waals surface area (Å²) >= 11 is 0. The van der Waals surface area contributed by atoms with E-state index in [1.54, 1.807) is 26.0 Å². The number of ether oxygens (including phenoxy) is 1. The summed E-state index contributed by atoms with van der Waals surface area (Å²) in [7, 11) is 1.52. The summed E-state index contributed by atoms with van der Waals surface area (Å²) in [6.07, 6.45) is 0. The molecule has 1 N–H and O–H groups in total. The van der Waals surface area contributed by atoms with E-state index in [0.29, 0.717) is 11.3 Å². The number of carboxylic acids is 1. The molecule has 0 atom stereocenters. The molecule has 0 fully saturated rings. The van der Waals surface area contributed by atoms with Crippen molar-refractivity contribution in [2.45, 2.75) is 13.8 Å². The van der Waals surface area contributed by atoms with E-state index in [1.807, 2.05) is 0 Å². The fourth-order valence-electron chi connectivity index (χ4n) is 2.37. The Morgan fingerprint density at radius 2 is 1.75 bits per heavy atom. The lowest BCUT2D eigenvalue weighted by molar-refractivity contribution is 0.0697. The molecule has 0 aliphatic heterocycles. The minimum Gasteiger partial charge on any atom is -0.496 e. The lowest BCUT2D eigenvalue weighted by atomic mass is 9.93. The van der Waals surface area contributed by atoms with Crippen molar-refractivity contribution in [3.63, 3.8) is 0 Å². The van der Waals surface area contributed by atoms with Crippen LogP contribution in [0.5, 0.6) is 5.75 Å². The molecule has 3 nitrogen and oxygen atoms in total. The van der Waals surface area contributed by atoms with Crippen LogP contribution in [0.4, 0.5) is 4.39 Å². The number of hydrogen-bond acceptors (Lipinski definition) is 2. The first kappa shape index (κ1) is 14.1. The summed E-state index contributed by atoms with van der Waals surface area (Å²) in [5.41, 5.74) is 3.10. The minimum absolute atomic E-state index is 0.170. The Kier molecular flexibility index (Phi) is 3.74. The normalized spacial score (nSPS) is 10.4. The van der Waals surface area contributed by atoms with Gasteiger partial charge in [-0.3, -0.25) is 0 Å². The Hall–Kier alpha value is -2.36. The van der Waals surface area contributed by atoms with Gasteiger partial charge in [0.2, 0.25) is 0 Å². The number of carbonyl (C=O) groups is 1. The van der Waals surface area contributed by atoms with Gasteiger partial charge >= 0.3 is 5.97 Å². The Labute approximate surface area is 116 Å². The Bertz CT molecular complexity index is 654. The summed E-state index contributed by atoms with van der Waals surface area (Å²) in [4.78, 5) is 11.1. The van der Waals surface area contributed by atoms with Gasteiger partial charge in [0.25, 0.3) is 0 Å². The van der Waals surface area contributed by atoms with Crippen molar-refractivity contribution in [3.8, 4) is 16.9 Å². The number of methoxy groups -OCH3 is 1. The lowest BCUT2D eigenvalue weighted by Gasteiger charge is -2.15. The van der Waals surface area contributed by atoms with Crippen molar-refractivity contribution in [2.24, 2.45) is 0 Å². The summed E-state index contributed by atoms with van der Waals surface area (Å²) in [5, 5.41) is 9.10. The molecule has 0 unspecified atom stereocenters. The second-order valence-corrected chi connectivity index (χ2v) is 4.63. The third-order valence-corrected chi connectivity index (χ3v) is 3.21. The zero-order valence-electron chi connectivity index (χ0n) is 11.5. The topological polar surface area (TPSA) is 46.5 Å². The molecule has 0 bridgehead atoms. The quantitative estimate of drug-likeness (QED) is 0.925. The third kappa shape index (κ3) is 2.50. The largest absolute Gasteiger partial charge is 0.496 e. The van der Waals surface area contributed by atoms with Gasteiger partial charge in [-0.25, -0.2) is 9.18 Å². The van der Waals surface area contributed by atoms with E-state index in [-0.39, 0.29) is 11.4 Å². The van der Waals surface area contributed by atoms with Crippen LogP contribution in [0, 0.1) is 19.7 Å². The zero-order valence-corrected chi connectivity index (χ0v) is 11.5. The number of carboxylic acid groups (broad SMARTS) is 1. The number of hydrogen-bond donors (Lipinski definition) is 1. The first-order chi connectivity index (χ1) is 9.43. The second-order valence-electron chi connectivity index (χ2n) is 4.63. The molecule has 0 saturated carbocycles. The molecule has 20 heavy (non-hydrogen) atoms. The average Bonchev–Trinajstić information content (AvgIpc) is 2.37. The summed E-state index contributed by atoms with van der Waals surface area (Å²) < 4.78 is 18.7. The van der Waals surface area contributed by atoms with Crippen LogP contribution >= 0.6 is 0 Å². The standard InChI is InChI=1S/C16H15FO3/c1-9-6-12(17)7-10(2)15(9)13-8-11(16(18)19)4-5-14(13)20-3/h4-8H,1-3H3,(H,18,19). The monoisotopic (exact) mass is 274 g/mol. The summed E-state index contributed by atoms with van der Waals surface area (Å²) in [5.74, 6) is -0.753. The first-order valence-corrected chi connectivity index (χ1v) is 6.12. The van der Waals surface area contributed by atoms with E-state index in [2.05, 4.69) is 0 Å². The lowest BCUT2D eigenvalue weighted by Crippen LogP contribution is -2.00. The number of aromatic carboxylic acids is 1. The average molecular weight is 274 g/mol. The van der Waals surface area contributed by atoms with Crippen LogP contribution in [-0.4, -0.2) is 18.2 Å². The van der Waals surface area contributed by atoms with Crippen molar-refractivity contribution in [3.05, 3.63) is 52.8 Å². The van der Waals surface area contributed by atoms with E-state index in [1.165, 1.54) is 25.3 Å². The minimum atomic E-state index is -1.01. The van der Waals surface area contributed by atoms with Gasteiger partial charge in [0.05, 0.1) is 12.7 Å². The number of aryl methyl sites for hydroxylation is 2. The summed E-state index contributed by atoms with van der Waals surface area (Å²) in [6, 6.07) is 7.50. The number of benzene rings is 2. The molecule has 0 aliphatic carbocycles. The predicted octanol–water partition coefficient (Wildman–Crippen LogP) is 3.82. The molecular formula is C16H15FO3. The molecule has 2 rings (SSSR count). The highest BCUT2D eigenvalue weighted by molar-refractivity contribution is 5.91. The maximum atomic E-state index is 13.4. The molecule has 4 heteroatoms. The molecule has 0 radical (unpaired) electrons. The van der Waals surface area contributed by atoms with Gasteiger partial charge < -0.3 is 9.84 Å². The van der Waals surface area contributed by atoms with Crippen LogP contribution in [0.1, 0.15) is 21.5 Å². The van der Waals surface area contributed by atoms with Crippen LogP contribution < -0.4 is 4.74 Å². The van der Waals surface area contributed by atoms with Crippen LogP contribution in [0.2, 0.25) is 0 Å². The third-order valence-electron chi connectivity index (χ3n) is 3.21. The van der Waals surface area contributed by atoms with E-state index < -0.39 is 5.97 Å². The molecule has 0 spiro atoms. The molecule has 0 aliphatic rings. The van der Waals surface area contributed by atoms with Crippen molar-refractivity contribution in [2.75, 3.05) is 7.11 Å². The maximum Gasteiger partial charge on any atom is 0.335 e. The van der Waals surface area contributed by atoms with Gasteiger partial charge in [-0.15, -0.1) is 0 Å². The van der Waals surface area contributed by atoms with E-state index >= 15 is 0 Å². The number of halogens is 1. The van der Waals surface area contributed by atoms with E-state index in [4.69, 9.17) is 9.84 Å². The fourth-order valence-corrected chi connectivity index (χ4v) is 2.37. The van der Waals surface area contributed by atoms with Crippen molar-refractivity contribution in [1.29, 1.82) is 0 Å². The van der Waals surface area contributed by atoms with Crippen LogP contribution in [0.3, 0.4) is 0 Å². The predicted molar refractivity (Wildman–Crippen MR) is 74.8 cm³/mol. The smallest absolute Gasteiger partial charge is 0.335 e. The Morgan fingerprint density at radius 1 is 1.15 bits per heavy atom. The molecule has 104 valence electrons. The van der Waals surface area contributed by atoms with Crippen LogP contribution in [-0.2, 0) is 0 Å². The zero-order chi connectivity index (χ0) is 14.9. The van der Waals surface area contributed by atoms with Crippen LogP contribution in [0.15, 0.2) is 30.3 Å². The highest BCUT2D eigenvalue weighted by Gasteiger charge is 2.15. The van der Waals surface area contributed by atoms with Gasteiger partial charge in [0.1, 0.15) is 11.6 Å². The van der Waals surface area contributed by atoms with Gasteiger partial charge in [-0.05, 0) is 60.9 Å². The van der Waals surface area contributed by atoms with Gasteiger partial charge in [0.15, 0.2) is 0 Å². The second kappa shape index (κ2) is 5.33. The molecular weight excluding hydrogens is 259 g/mol. The van der Waals surface area contributed by atoms with Crippen molar-refractivity contribution in [1.82, 2.24) is 0 Å². The van der Waals surface area contributed by atoms with Crippen molar-refractivity contribution >= 4 is 5.97 Å². The fraction of sp³-hybridized carbons (Fsp3) is 0.188. The highest BCUT2D eigenvalue weighted by atomic mass is 19.1. The van der Waals surface area contributed by atoms with E-state index in [9.17, 15) is 9.18 Å². The number of rotatable bonds is 3.